The summed E-state index contributed by atoms with van der Waals surface area (Å²) in [6, 6.07) is 14.1. The van der Waals surface area contributed by atoms with Gasteiger partial charge in [-0.15, -0.1) is 0 Å². The van der Waals surface area contributed by atoms with Crippen LogP contribution in [0.4, 0.5) is 5.69 Å². The van der Waals surface area contributed by atoms with Crippen molar-refractivity contribution in [1.82, 2.24) is 9.80 Å². The number of hydrogen-bond donors (Lipinski definition) is 0. The number of anilines is 1. The number of amides is 3. The Labute approximate surface area is 186 Å². The first-order valence-corrected chi connectivity index (χ1v) is 10.6. The van der Waals surface area contributed by atoms with Gasteiger partial charge < -0.3 is 19.4 Å². The molecule has 0 saturated carbocycles. The van der Waals surface area contributed by atoms with Crippen molar-refractivity contribution in [2.24, 2.45) is 5.92 Å². The summed E-state index contributed by atoms with van der Waals surface area (Å²) in [6.45, 7) is 2.21. The Bertz CT molecular complexity index is 987. The molecule has 2 aromatic rings. The zero-order valence-electron chi connectivity index (χ0n) is 17.3. The SMILES string of the molecule is COc1cccc(N2C[C@H](C(=O)N3CCN(C(=O)c4ccc(Cl)cc4)CC3)CC2=O)c1. The fraction of sp³-hybridized carbons (Fsp3) is 0.348. The van der Waals surface area contributed by atoms with Crippen LogP contribution in [-0.4, -0.2) is 67.4 Å². The average Bonchev–Trinajstić information content (AvgIpc) is 3.20. The molecule has 4 rings (SSSR count). The Balaban J connectivity index is 1.35. The van der Waals surface area contributed by atoms with Gasteiger partial charge in [-0.25, -0.2) is 0 Å². The molecule has 1 atom stereocenters. The van der Waals surface area contributed by atoms with E-state index in [4.69, 9.17) is 16.3 Å². The standard InChI is InChI=1S/C23H24ClN3O4/c1-31-20-4-2-3-19(14-20)27-15-17(13-21(27)28)23(30)26-11-9-25(10-12-26)22(29)16-5-7-18(24)8-6-16/h2-8,14,17H,9-13,15H2,1H3/t17-/m1/s1. The fourth-order valence-corrected chi connectivity index (χ4v) is 4.19. The molecule has 2 fully saturated rings. The molecule has 7 nitrogen and oxygen atoms in total. The van der Waals surface area contributed by atoms with Crippen LogP contribution in [0.1, 0.15) is 16.8 Å². The second-order valence-electron chi connectivity index (χ2n) is 7.73. The van der Waals surface area contributed by atoms with E-state index >= 15 is 0 Å². The minimum absolute atomic E-state index is 0.0302. The summed E-state index contributed by atoms with van der Waals surface area (Å²) >= 11 is 5.89. The van der Waals surface area contributed by atoms with E-state index in [1.807, 2.05) is 18.2 Å². The maximum absolute atomic E-state index is 13.0. The van der Waals surface area contributed by atoms with Crippen molar-refractivity contribution >= 4 is 35.0 Å². The average molecular weight is 442 g/mol. The zero-order valence-corrected chi connectivity index (χ0v) is 18.0. The number of hydrogen-bond acceptors (Lipinski definition) is 4. The monoisotopic (exact) mass is 441 g/mol. The van der Waals surface area contributed by atoms with Crippen molar-refractivity contribution < 1.29 is 19.1 Å². The van der Waals surface area contributed by atoms with Crippen molar-refractivity contribution in [2.45, 2.75) is 6.42 Å². The van der Waals surface area contributed by atoms with Crippen LogP contribution < -0.4 is 9.64 Å². The second-order valence-corrected chi connectivity index (χ2v) is 8.17. The summed E-state index contributed by atoms with van der Waals surface area (Å²) in [4.78, 5) is 43.4. The summed E-state index contributed by atoms with van der Waals surface area (Å²) in [6.07, 6.45) is 0.194. The van der Waals surface area contributed by atoms with Gasteiger partial charge in [0.2, 0.25) is 11.8 Å². The quantitative estimate of drug-likeness (QED) is 0.731. The maximum Gasteiger partial charge on any atom is 0.253 e. The first-order chi connectivity index (χ1) is 15.0. The first kappa shape index (κ1) is 21.2. The number of carbonyl (C=O) groups excluding carboxylic acids is 3. The van der Waals surface area contributed by atoms with Crippen LogP contribution in [0, 0.1) is 5.92 Å². The van der Waals surface area contributed by atoms with Crippen molar-refractivity contribution in [3.63, 3.8) is 0 Å². The van der Waals surface area contributed by atoms with Crippen molar-refractivity contribution in [3.05, 3.63) is 59.1 Å². The largest absolute Gasteiger partial charge is 0.497 e. The molecule has 31 heavy (non-hydrogen) atoms. The van der Waals surface area contributed by atoms with Crippen LogP contribution in [-0.2, 0) is 9.59 Å². The number of rotatable bonds is 4. The molecule has 0 bridgehead atoms. The van der Waals surface area contributed by atoms with E-state index in [9.17, 15) is 14.4 Å². The molecule has 162 valence electrons. The van der Waals surface area contributed by atoms with E-state index in [-0.39, 0.29) is 30.1 Å². The molecular formula is C23H24ClN3O4. The molecule has 0 spiro atoms. The summed E-state index contributed by atoms with van der Waals surface area (Å²) < 4.78 is 5.23. The van der Waals surface area contributed by atoms with Gasteiger partial charge in [0.05, 0.1) is 13.0 Å². The van der Waals surface area contributed by atoms with E-state index in [0.29, 0.717) is 49.1 Å². The molecule has 2 aliphatic heterocycles. The van der Waals surface area contributed by atoms with Crippen molar-refractivity contribution in [2.75, 3.05) is 44.7 Å². The Morgan fingerprint density at radius 3 is 2.35 bits per heavy atom. The van der Waals surface area contributed by atoms with Gasteiger partial charge in [0, 0.05) is 61.5 Å². The molecule has 0 aromatic heterocycles. The number of nitrogens with zero attached hydrogens (tertiary/aromatic N) is 3. The topological polar surface area (TPSA) is 70.2 Å². The van der Waals surface area contributed by atoms with E-state index in [0.717, 1.165) is 5.69 Å². The molecule has 0 radical (unpaired) electrons. The second kappa shape index (κ2) is 8.98. The van der Waals surface area contributed by atoms with Crippen LogP contribution in [0.25, 0.3) is 0 Å². The minimum atomic E-state index is -0.378. The fourth-order valence-electron chi connectivity index (χ4n) is 4.06. The molecular weight excluding hydrogens is 418 g/mol. The van der Waals surface area contributed by atoms with Gasteiger partial charge in [0.25, 0.3) is 5.91 Å². The summed E-state index contributed by atoms with van der Waals surface area (Å²) in [5, 5.41) is 0.584. The summed E-state index contributed by atoms with van der Waals surface area (Å²) in [5.41, 5.74) is 1.32. The highest BCUT2D eigenvalue weighted by atomic mass is 35.5. The van der Waals surface area contributed by atoms with Crippen molar-refractivity contribution in [1.29, 1.82) is 0 Å². The lowest BCUT2D eigenvalue weighted by Gasteiger charge is -2.36. The highest BCUT2D eigenvalue weighted by molar-refractivity contribution is 6.30. The normalized spacial score (nSPS) is 19.0. The third kappa shape index (κ3) is 4.51. The Kier molecular flexibility index (Phi) is 6.13. The zero-order chi connectivity index (χ0) is 22.0. The number of halogens is 1. The smallest absolute Gasteiger partial charge is 0.253 e. The minimum Gasteiger partial charge on any atom is -0.497 e. The Hall–Kier alpha value is -3.06. The van der Waals surface area contributed by atoms with Crippen LogP contribution in [0.3, 0.4) is 0 Å². The van der Waals surface area contributed by atoms with Gasteiger partial charge in [-0.2, -0.15) is 0 Å². The Morgan fingerprint density at radius 2 is 1.68 bits per heavy atom. The van der Waals surface area contributed by atoms with Crippen LogP contribution in [0.15, 0.2) is 48.5 Å². The highest BCUT2D eigenvalue weighted by Gasteiger charge is 2.38. The molecule has 2 heterocycles. The lowest BCUT2D eigenvalue weighted by atomic mass is 10.1. The lowest BCUT2D eigenvalue weighted by Crippen LogP contribution is -2.52. The number of ether oxygens (including phenoxy) is 1. The third-order valence-electron chi connectivity index (χ3n) is 5.81. The number of methoxy groups -OCH3 is 1. The van der Waals surface area contributed by atoms with Gasteiger partial charge in [0.15, 0.2) is 0 Å². The molecule has 0 unspecified atom stereocenters. The predicted octanol–water partition coefficient (Wildman–Crippen LogP) is 2.69. The molecule has 8 heteroatoms. The van der Waals surface area contributed by atoms with Gasteiger partial charge in [-0.1, -0.05) is 17.7 Å². The van der Waals surface area contributed by atoms with E-state index in [1.54, 1.807) is 52.1 Å². The highest BCUT2D eigenvalue weighted by Crippen LogP contribution is 2.29. The number of carbonyl (C=O) groups is 3. The van der Waals surface area contributed by atoms with E-state index in [1.165, 1.54) is 0 Å². The molecule has 2 aliphatic rings. The van der Waals surface area contributed by atoms with Gasteiger partial charge in [0.1, 0.15) is 5.75 Å². The predicted molar refractivity (Wildman–Crippen MR) is 117 cm³/mol. The van der Waals surface area contributed by atoms with Crippen LogP contribution >= 0.6 is 11.6 Å². The molecule has 0 N–H and O–H groups in total. The molecule has 3 amide bonds. The first-order valence-electron chi connectivity index (χ1n) is 10.2. The molecule has 2 aromatic carbocycles. The lowest BCUT2D eigenvalue weighted by molar-refractivity contribution is -0.137. The Morgan fingerprint density at radius 1 is 1.00 bits per heavy atom. The van der Waals surface area contributed by atoms with E-state index in [2.05, 4.69) is 0 Å². The van der Waals surface area contributed by atoms with Gasteiger partial charge in [-0.3, -0.25) is 14.4 Å². The number of benzene rings is 2. The van der Waals surface area contributed by atoms with Gasteiger partial charge in [-0.05, 0) is 36.4 Å². The molecule has 0 aliphatic carbocycles. The van der Waals surface area contributed by atoms with Crippen molar-refractivity contribution in [3.8, 4) is 5.75 Å². The summed E-state index contributed by atoms with van der Waals surface area (Å²) in [5.74, 6) is 0.128. The van der Waals surface area contributed by atoms with Gasteiger partial charge >= 0.3 is 0 Å². The molecule has 2 saturated heterocycles. The number of piperazine rings is 1. The maximum atomic E-state index is 13.0. The van der Waals surface area contributed by atoms with Crippen LogP contribution in [0.5, 0.6) is 5.75 Å². The van der Waals surface area contributed by atoms with E-state index < -0.39 is 0 Å². The van der Waals surface area contributed by atoms with Crippen LogP contribution in [0.2, 0.25) is 5.02 Å². The third-order valence-corrected chi connectivity index (χ3v) is 6.06. The summed E-state index contributed by atoms with van der Waals surface area (Å²) in [7, 11) is 1.58.